The minimum Gasteiger partial charge on any atom is -0.442 e. The zero-order chi connectivity index (χ0) is 19.2. The van der Waals surface area contributed by atoms with Gasteiger partial charge in [-0.2, -0.15) is 0 Å². The Morgan fingerprint density at radius 1 is 0.500 bits per heavy atom. The molecule has 0 aliphatic heterocycles. The van der Waals surface area contributed by atoms with E-state index >= 15 is 0 Å². The van der Waals surface area contributed by atoms with Crippen molar-refractivity contribution in [3.63, 3.8) is 0 Å². The highest BCUT2D eigenvalue weighted by atomic mass is 28.4. The molecule has 0 fully saturated rings. The van der Waals surface area contributed by atoms with Crippen LogP contribution in [-0.4, -0.2) is 17.4 Å². The number of rotatable bonds is 6. The summed E-state index contributed by atoms with van der Waals surface area (Å²) in [6.07, 6.45) is 0. The normalized spacial score (nSPS) is 11.5. The van der Waals surface area contributed by atoms with Crippen molar-refractivity contribution in [2.24, 2.45) is 0 Å². The summed E-state index contributed by atoms with van der Waals surface area (Å²) in [7, 11) is -3.77. The van der Waals surface area contributed by atoms with Crippen LogP contribution in [0.4, 0.5) is 0 Å². The Labute approximate surface area is 170 Å². The van der Waals surface area contributed by atoms with Gasteiger partial charge < -0.3 is 4.12 Å². The molecule has 137 valence electrons. The van der Waals surface area contributed by atoms with Gasteiger partial charge in [0.1, 0.15) is 0 Å². The average molecular weight is 396 g/mol. The predicted molar refractivity (Wildman–Crippen MR) is 123 cm³/mol. The first kappa shape index (κ1) is 18.6. The van der Waals surface area contributed by atoms with Crippen molar-refractivity contribution in [1.82, 2.24) is 0 Å². The van der Waals surface area contributed by atoms with Crippen LogP contribution in [0.3, 0.4) is 0 Å². The number of hydrogen-bond acceptors (Lipinski definition) is 1. The van der Waals surface area contributed by atoms with Gasteiger partial charge in [0.25, 0.3) is 9.04 Å². The summed E-state index contributed by atoms with van der Waals surface area (Å²) >= 11 is 0. The molecule has 28 heavy (non-hydrogen) atoms. The van der Waals surface area contributed by atoms with Gasteiger partial charge in [0.05, 0.1) is 0 Å². The van der Waals surface area contributed by atoms with Crippen molar-refractivity contribution in [2.45, 2.75) is 6.55 Å². The third kappa shape index (κ3) is 3.92. The molecule has 0 spiro atoms. The standard InChI is InChI=1S/C25H23OSi2/c1-28(24-18-10-4-11-19-24,25-20-12-5-13-21-25)26-27(22-14-6-2-7-15-22)23-16-8-3-9-17-23/h2-21H,1H3. The molecule has 0 bridgehead atoms. The maximum absolute atomic E-state index is 7.22. The van der Waals surface area contributed by atoms with Crippen molar-refractivity contribution >= 4 is 38.1 Å². The van der Waals surface area contributed by atoms with Crippen LogP contribution < -0.4 is 20.7 Å². The van der Waals surface area contributed by atoms with E-state index in [0.29, 0.717) is 0 Å². The van der Waals surface area contributed by atoms with Gasteiger partial charge >= 0.3 is 0 Å². The van der Waals surface area contributed by atoms with Crippen LogP contribution in [0, 0.1) is 0 Å². The fraction of sp³-hybridized carbons (Fsp3) is 0.0400. The monoisotopic (exact) mass is 395 g/mol. The Balaban J connectivity index is 1.84. The van der Waals surface area contributed by atoms with E-state index < -0.39 is 17.4 Å². The highest BCUT2D eigenvalue weighted by molar-refractivity contribution is 7.02. The molecule has 0 heterocycles. The summed E-state index contributed by atoms with van der Waals surface area (Å²) in [4.78, 5) is 0. The molecule has 0 aromatic heterocycles. The van der Waals surface area contributed by atoms with Gasteiger partial charge in [0, 0.05) is 0 Å². The lowest BCUT2D eigenvalue weighted by Gasteiger charge is -2.33. The second kappa shape index (κ2) is 8.52. The maximum atomic E-state index is 7.22. The van der Waals surface area contributed by atoms with Gasteiger partial charge in [0.2, 0.25) is 8.32 Å². The smallest absolute Gasteiger partial charge is 0.272 e. The van der Waals surface area contributed by atoms with E-state index in [-0.39, 0.29) is 0 Å². The summed E-state index contributed by atoms with van der Waals surface area (Å²) in [5, 5.41) is 5.17. The van der Waals surface area contributed by atoms with Crippen LogP contribution in [0.1, 0.15) is 0 Å². The number of hydrogen-bond donors (Lipinski definition) is 0. The van der Waals surface area contributed by atoms with Crippen LogP contribution >= 0.6 is 0 Å². The molecule has 0 aliphatic carbocycles. The lowest BCUT2D eigenvalue weighted by molar-refractivity contribution is 0.609. The highest BCUT2D eigenvalue weighted by Crippen LogP contribution is 2.10. The molecule has 4 aromatic rings. The Morgan fingerprint density at radius 2 is 0.821 bits per heavy atom. The molecule has 0 atom stereocenters. The van der Waals surface area contributed by atoms with E-state index in [4.69, 9.17) is 4.12 Å². The minimum absolute atomic E-state index is 1.28. The first-order chi connectivity index (χ1) is 13.8. The first-order valence-corrected chi connectivity index (χ1v) is 13.4. The van der Waals surface area contributed by atoms with Crippen LogP contribution in [0.5, 0.6) is 0 Å². The fourth-order valence-electron chi connectivity index (χ4n) is 3.46. The van der Waals surface area contributed by atoms with E-state index in [9.17, 15) is 0 Å². The molecule has 0 aliphatic rings. The van der Waals surface area contributed by atoms with Crippen molar-refractivity contribution < 1.29 is 4.12 Å². The molecular formula is C25H23OSi2. The minimum atomic E-state index is -2.39. The van der Waals surface area contributed by atoms with Gasteiger partial charge in [-0.3, -0.25) is 0 Å². The highest BCUT2D eigenvalue weighted by Gasteiger charge is 2.38. The average Bonchev–Trinajstić information content (AvgIpc) is 2.80. The quantitative estimate of drug-likeness (QED) is 0.456. The zero-order valence-corrected chi connectivity index (χ0v) is 18.0. The molecular weight excluding hydrogens is 372 g/mol. The Morgan fingerprint density at radius 3 is 1.18 bits per heavy atom. The molecule has 3 heteroatoms. The summed E-state index contributed by atoms with van der Waals surface area (Å²) in [5.74, 6) is 0. The molecule has 0 amide bonds. The van der Waals surface area contributed by atoms with Crippen LogP contribution in [0.15, 0.2) is 121 Å². The Hall–Kier alpha value is -2.73. The Bertz CT molecular complexity index is 911. The lowest BCUT2D eigenvalue weighted by atomic mass is 10.4. The van der Waals surface area contributed by atoms with E-state index in [1.54, 1.807) is 0 Å². The van der Waals surface area contributed by atoms with Crippen LogP contribution in [0.2, 0.25) is 6.55 Å². The number of benzene rings is 4. The molecule has 4 rings (SSSR count). The summed E-state index contributed by atoms with van der Waals surface area (Å²) < 4.78 is 7.22. The summed E-state index contributed by atoms with van der Waals surface area (Å²) in [6, 6.07) is 42.8. The van der Waals surface area contributed by atoms with Gasteiger partial charge in [-0.25, -0.2) is 0 Å². The summed E-state index contributed by atoms with van der Waals surface area (Å²) in [6.45, 7) is 2.33. The van der Waals surface area contributed by atoms with Gasteiger partial charge in [-0.1, -0.05) is 121 Å². The summed E-state index contributed by atoms with van der Waals surface area (Å²) in [5.41, 5.74) is 0. The topological polar surface area (TPSA) is 9.23 Å². The Kier molecular flexibility index (Phi) is 5.67. The SMILES string of the molecule is C[Si](O[Si](c1ccccc1)c1ccccc1)(c1ccccc1)c1ccccc1. The third-order valence-corrected chi connectivity index (χ3v) is 12.1. The molecule has 0 saturated carbocycles. The van der Waals surface area contributed by atoms with Crippen LogP contribution in [-0.2, 0) is 4.12 Å². The largest absolute Gasteiger partial charge is 0.442 e. The maximum Gasteiger partial charge on any atom is 0.272 e. The molecule has 0 unspecified atom stereocenters. The van der Waals surface area contributed by atoms with Crippen molar-refractivity contribution in [3.05, 3.63) is 121 Å². The molecule has 0 saturated heterocycles. The zero-order valence-electron chi connectivity index (χ0n) is 16.0. The van der Waals surface area contributed by atoms with Crippen molar-refractivity contribution in [3.8, 4) is 0 Å². The van der Waals surface area contributed by atoms with Gasteiger partial charge in [-0.15, -0.1) is 0 Å². The van der Waals surface area contributed by atoms with E-state index in [1.165, 1.54) is 20.7 Å². The van der Waals surface area contributed by atoms with E-state index in [1.807, 2.05) is 0 Å². The van der Waals surface area contributed by atoms with Gasteiger partial charge in [-0.05, 0) is 27.3 Å². The van der Waals surface area contributed by atoms with Gasteiger partial charge in [0.15, 0.2) is 0 Å². The molecule has 1 radical (unpaired) electrons. The van der Waals surface area contributed by atoms with Crippen molar-refractivity contribution in [1.29, 1.82) is 0 Å². The first-order valence-electron chi connectivity index (χ1n) is 9.55. The predicted octanol–water partition coefficient (Wildman–Crippen LogP) is 3.20. The van der Waals surface area contributed by atoms with E-state index in [2.05, 4.69) is 128 Å². The fourth-order valence-corrected chi connectivity index (χ4v) is 10.3. The third-order valence-electron chi connectivity index (χ3n) is 5.03. The second-order valence-corrected chi connectivity index (χ2v) is 12.8. The van der Waals surface area contributed by atoms with Crippen molar-refractivity contribution in [2.75, 3.05) is 0 Å². The molecule has 4 aromatic carbocycles. The lowest BCUT2D eigenvalue weighted by Crippen LogP contribution is -2.64. The molecule has 1 nitrogen and oxygen atoms in total. The van der Waals surface area contributed by atoms with E-state index in [0.717, 1.165) is 0 Å². The second-order valence-electron chi connectivity index (χ2n) is 6.93. The van der Waals surface area contributed by atoms with Crippen LogP contribution in [0.25, 0.3) is 0 Å². The molecule has 0 N–H and O–H groups in total.